The number of carbonyl (C=O) groups excluding carboxylic acids is 1. The number of aromatic nitrogens is 2. The molecule has 0 bridgehead atoms. The number of fused-ring (bicyclic) bond motifs is 1. The van der Waals surface area contributed by atoms with Gasteiger partial charge in [0.05, 0.1) is 17.4 Å². The number of piperidine rings is 1. The van der Waals surface area contributed by atoms with Gasteiger partial charge in [0.15, 0.2) is 0 Å². The molecule has 0 saturated carbocycles. The van der Waals surface area contributed by atoms with Crippen LogP contribution in [0.1, 0.15) is 31.4 Å². The summed E-state index contributed by atoms with van der Waals surface area (Å²) in [7, 11) is 0. The van der Waals surface area contributed by atoms with Crippen molar-refractivity contribution >= 4 is 17.1 Å². The molecule has 1 saturated heterocycles. The smallest absolute Gasteiger partial charge is 0.317 e. The van der Waals surface area contributed by atoms with E-state index in [0.717, 1.165) is 36.2 Å². The fourth-order valence-corrected chi connectivity index (χ4v) is 4.21. The maximum atomic E-state index is 12.5. The van der Waals surface area contributed by atoms with E-state index in [9.17, 15) is 4.79 Å². The van der Waals surface area contributed by atoms with Crippen LogP contribution in [0.25, 0.3) is 11.0 Å². The summed E-state index contributed by atoms with van der Waals surface area (Å²) in [4.78, 5) is 18.9. The third-order valence-electron chi connectivity index (χ3n) is 5.50. The van der Waals surface area contributed by atoms with E-state index in [-0.39, 0.29) is 6.03 Å². The van der Waals surface area contributed by atoms with Crippen LogP contribution in [0.5, 0.6) is 0 Å². The number of carbonyl (C=O) groups is 1. The topological polar surface area (TPSA) is 50.2 Å². The Labute approximate surface area is 166 Å². The highest BCUT2D eigenvalue weighted by Crippen LogP contribution is 2.21. The third kappa shape index (κ3) is 4.19. The van der Waals surface area contributed by atoms with E-state index in [2.05, 4.69) is 59.0 Å². The molecule has 0 spiro atoms. The van der Waals surface area contributed by atoms with Crippen molar-refractivity contribution in [3.05, 3.63) is 66.0 Å². The second kappa shape index (κ2) is 8.05. The molecule has 1 aromatic heterocycles. The van der Waals surface area contributed by atoms with Crippen LogP contribution >= 0.6 is 0 Å². The number of rotatable bonds is 4. The van der Waals surface area contributed by atoms with Crippen LogP contribution in [0.4, 0.5) is 4.79 Å². The Morgan fingerprint density at radius 2 is 1.71 bits per heavy atom. The molecule has 5 heteroatoms. The molecule has 2 heterocycles. The molecule has 2 amide bonds. The first-order valence-corrected chi connectivity index (χ1v) is 10.1. The molecule has 1 aliphatic rings. The zero-order valence-corrected chi connectivity index (χ0v) is 16.6. The average molecular weight is 377 g/mol. The Hall–Kier alpha value is -2.82. The van der Waals surface area contributed by atoms with Crippen molar-refractivity contribution in [2.75, 3.05) is 13.1 Å². The summed E-state index contributed by atoms with van der Waals surface area (Å²) >= 11 is 0. The van der Waals surface area contributed by atoms with Gasteiger partial charge in [-0.25, -0.2) is 9.78 Å². The molecule has 1 N–H and O–H groups in total. The highest BCUT2D eigenvalue weighted by Gasteiger charge is 2.25. The van der Waals surface area contributed by atoms with Crippen molar-refractivity contribution in [2.45, 2.75) is 33.4 Å². The number of imidazole rings is 1. The zero-order valence-electron chi connectivity index (χ0n) is 16.6. The number of benzene rings is 2. The van der Waals surface area contributed by atoms with E-state index < -0.39 is 0 Å². The molecule has 0 aliphatic carbocycles. The molecule has 1 aliphatic heterocycles. The Morgan fingerprint density at radius 3 is 2.46 bits per heavy atom. The molecule has 28 heavy (non-hydrogen) atoms. The molecule has 4 rings (SSSR count). The van der Waals surface area contributed by atoms with Crippen LogP contribution in [0.15, 0.2) is 54.9 Å². The van der Waals surface area contributed by atoms with Gasteiger partial charge in [0.2, 0.25) is 0 Å². The fraction of sp³-hybridized carbons (Fsp3) is 0.391. The van der Waals surface area contributed by atoms with Crippen LogP contribution in [-0.2, 0) is 13.1 Å². The van der Waals surface area contributed by atoms with Gasteiger partial charge in [-0.3, -0.25) is 0 Å². The summed E-state index contributed by atoms with van der Waals surface area (Å²) in [6, 6.07) is 16.7. The van der Waals surface area contributed by atoms with Gasteiger partial charge < -0.3 is 14.8 Å². The van der Waals surface area contributed by atoms with Gasteiger partial charge in [-0.2, -0.15) is 0 Å². The first kappa shape index (κ1) is 18.5. The quantitative estimate of drug-likeness (QED) is 0.739. The molecule has 2 unspecified atom stereocenters. The molecule has 3 aromatic rings. The van der Waals surface area contributed by atoms with Gasteiger partial charge in [0.1, 0.15) is 0 Å². The van der Waals surface area contributed by atoms with Gasteiger partial charge in [0.25, 0.3) is 0 Å². The van der Waals surface area contributed by atoms with Crippen LogP contribution in [0, 0.1) is 11.8 Å². The van der Waals surface area contributed by atoms with Crippen LogP contribution < -0.4 is 5.32 Å². The number of urea groups is 1. The number of nitrogens with zero attached hydrogens (tertiary/aromatic N) is 3. The van der Waals surface area contributed by atoms with E-state index in [1.807, 2.05) is 29.4 Å². The Bertz CT molecular complexity index is 937. The van der Waals surface area contributed by atoms with Gasteiger partial charge in [-0.05, 0) is 41.5 Å². The fourth-order valence-electron chi connectivity index (χ4n) is 4.21. The number of likely N-dealkylation sites (tertiary alicyclic amines) is 1. The molecule has 2 atom stereocenters. The lowest BCUT2D eigenvalue weighted by molar-refractivity contribution is 0.146. The lowest BCUT2D eigenvalue weighted by Crippen LogP contribution is -2.47. The predicted octanol–water partition coefficient (Wildman–Crippen LogP) is 4.27. The minimum absolute atomic E-state index is 0.0485. The molecule has 0 radical (unpaired) electrons. The minimum Gasteiger partial charge on any atom is -0.334 e. The van der Waals surface area contributed by atoms with E-state index in [1.165, 1.54) is 12.0 Å². The molecule has 146 valence electrons. The summed E-state index contributed by atoms with van der Waals surface area (Å²) in [6.45, 7) is 7.50. The van der Waals surface area contributed by atoms with Crippen molar-refractivity contribution in [3.63, 3.8) is 0 Å². The van der Waals surface area contributed by atoms with E-state index in [0.29, 0.717) is 18.4 Å². The van der Waals surface area contributed by atoms with Gasteiger partial charge in [0, 0.05) is 26.2 Å². The Kier molecular flexibility index (Phi) is 5.33. The lowest BCUT2D eigenvalue weighted by atomic mass is 9.92. The second-order valence-electron chi connectivity index (χ2n) is 8.19. The normalized spacial score (nSPS) is 19.7. The molecular formula is C23H28N4O. The van der Waals surface area contributed by atoms with Crippen LogP contribution in [0.3, 0.4) is 0 Å². The van der Waals surface area contributed by atoms with Crippen molar-refractivity contribution in [1.82, 2.24) is 19.8 Å². The average Bonchev–Trinajstić information content (AvgIpc) is 3.09. The predicted molar refractivity (Wildman–Crippen MR) is 112 cm³/mol. The number of para-hydroxylation sites is 2. The largest absolute Gasteiger partial charge is 0.334 e. The summed E-state index contributed by atoms with van der Waals surface area (Å²) in [5, 5.41) is 3.07. The molecular weight excluding hydrogens is 348 g/mol. The Morgan fingerprint density at radius 1 is 1.04 bits per heavy atom. The monoisotopic (exact) mass is 376 g/mol. The van der Waals surface area contributed by atoms with Crippen molar-refractivity contribution in [2.24, 2.45) is 11.8 Å². The van der Waals surface area contributed by atoms with Crippen molar-refractivity contribution in [3.8, 4) is 0 Å². The van der Waals surface area contributed by atoms with E-state index >= 15 is 0 Å². The zero-order chi connectivity index (χ0) is 19.5. The third-order valence-corrected chi connectivity index (χ3v) is 5.50. The molecule has 1 fully saturated rings. The maximum absolute atomic E-state index is 12.5. The minimum atomic E-state index is 0.0485. The van der Waals surface area contributed by atoms with E-state index in [4.69, 9.17) is 0 Å². The number of hydrogen-bond donors (Lipinski definition) is 1. The van der Waals surface area contributed by atoms with Gasteiger partial charge >= 0.3 is 6.03 Å². The standard InChI is InChI=1S/C23H28N4O/c1-17-11-18(2)14-26(13-17)23(28)24-12-19-7-9-20(10-8-19)15-27-16-25-21-5-3-4-6-22(21)27/h3-10,16-18H,11-15H2,1-2H3,(H,24,28). The number of amides is 2. The summed E-state index contributed by atoms with van der Waals surface area (Å²) in [5.74, 6) is 1.15. The number of nitrogens with one attached hydrogen (secondary N) is 1. The van der Waals surface area contributed by atoms with Gasteiger partial charge in [-0.1, -0.05) is 50.2 Å². The van der Waals surface area contributed by atoms with Crippen LogP contribution in [-0.4, -0.2) is 33.6 Å². The number of hydrogen-bond acceptors (Lipinski definition) is 2. The summed E-state index contributed by atoms with van der Waals surface area (Å²) in [6.07, 6.45) is 3.09. The lowest BCUT2D eigenvalue weighted by Gasteiger charge is -2.34. The highest BCUT2D eigenvalue weighted by molar-refractivity contribution is 5.75. The molecule has 2 aromatic carbocycles. The first-order valence-electron chi connectivity index (χ1n) is 10.1. The van der Waals surface area contributed by atoms with E-state index in [1.54, 1.807) is 0 Å². The van der Waals surface area contributed by atoms with Crippen LogP contribution in [0.2, 0.25) is 0 Å². The highest BCUT2D eigenvalue weighted by atomic mass is 16.2. The summed E-state index contributed by atoms with van der Waals surface area (Å²) < 4.78 is 2.16. The Balaban J connectivity index is 1.34. The first-order chi connectivity index (χ1) is 13.6. The van der Waals surface area contributed by atoms with Crippen molar-refractivity contribution in [1.29, 1.82) is 0 Å². The summed E-state index contributed by atoms with van der Waals surface area (Å²) in [5.41, 5.74) is 4.50. The maximum Gasteiger partial charge on any atom is 0.317 e. The molecule has 5 nitrogen and oxygen atoms in total. The second-order valence-corrected chi connectivity index (χ2v) is 8.19. The SMILES string of the molecule is CC1CC(C)CN(C(=O)NCc2ccc(Cn3cnc4ccccc43)cc2)C1. The van der Waals surface area contributed by atoms with Crippen molar-refractivity contribution < 1.29 is 4.79 Å². The van der Waals surface area contributed by atoms with Gasteiger partial charge in [-0.15, -0.1) is 0 Å².